The molecule has 1 aliphatic rings. The monoisotopic (exact) mass is 335 g/mol. The summed E-state index contributed by atoms with van der Waals surface area (Å²) in [5, 5.41) is 11.2. The average Bonchev–Trinajstić information content (AvgIpc) is 2.32. The first-order valence-corrected chi connectivity index (χ1v) is 9.27. The predicted octanol–water partition coefficient (Wildman–Crippen LogP) is 1.57. The van der Waals surface area contributed by atoms with Crippen LogP contribution in [0, 0.1) is 5.92 Å². The zero-order chi connectivity index (χ0) is 17.1. The van der Waals surface area contributed by atoms with Gasteiger partial charge in [-0.05, 0) is 46.0 Å². The van der Waals surface area contributed by atoms with E-state index in [0.29, 0.717) is 19.3 Å². The third-order valence-corrected chi connectivity index (χ3v) is 5.32. The van der Waals surface area contributed by atoms with Gasteiger partial charge in [-0.3, -0.25) is 0 Å². The Bertz CT molecular complexity index is 522. The van der Waals surface area contributed by atoms with Crippen LogP contribution >= 0.6 is 0 Å². The van der Waals surface area contributed by atoms with E-state index in [1.54, 1.807) is 20.8 Å². The Kier molecular flexibility index (Phi) is 5.83. The van der Waals surface area contributed by atoms with Crippen molar-refractivity contribution in [1.82, 2.24) is 5.32 Å². The van der Waals surface area contributed by atoms with Gasteiger partial charge in [0.25, 0.3) is 0 Å². The molecule has 1 saturated carbocycles. The number of sulfone groups is 1. The van der Waals surface area contributed by atoms with Gasteiger partial charge >= 0.3 is 12.1 Å². The number of carbonyl (C=O) groups is 2. The van der Waals surface area contributed by atoms with Crippen molar-refractivity contribution in [3.63, 3.8) is 0 Å². The molecule has 0 aromatic heterocycles. The van der Waals surface area contributed by atoms with Crippen LogP contribution in [0.2, 0.25) is 0 Å². The van der Waals surface area contributed by atoms with E-state index in [1.165, 1.54) is 0 Å². The molecule has 0 aromatic rings. The van der Waals surface area contributed by atoms with Crippen molar-refractivity contribution in [1.29, 1.82) is 0 Å². The Labute approximate surface area is 131 Å². The molecule has 2 N–H and O–H groups in total. The summed E-state index contributed by atoms with van der Waals surface area (Å²) >= 11 is 0. The quantitative estimate of drug-likeness (QED) is 0.807. The maximum atomic E-state index is 11.8. The summed E-state index contributed by atoms with van der Waals surface area (Å²) in [5.41, 5.74) is -0.727. The topological polar surface area (TPSA) is 110 Å². The van der Waals surface area contributed by atoms with E-state index in [4.69, 9.17) is 4.74 Å². The maximum absolute atomic E-state index is 11.8. The van der Waals surface area contributed by atoms with Crippen LogP contribution in [-0.2, 0) is 19.4 Å². The lowest BCUT2D eigenvalue weighted by molar-refractivity contribution is -0.141. The number of nitrogens with one attached hydrogen (secondary N) is 1. The number of aliphatic carboxylic acids is 1. The number of ether oxygens (including phenoxy) is 1. The Morgan fingerprint density at radius 1 is 1.27 bits per heavy atom. The zero-order valence-electron chi connectivity index (χ0n) is 13.5. The zero-order valence-corrected chi connectivity index (χ0v) is 14.3. The number of carbonyl (C=O) groups excluding carboxylic acids is 1. The minimum absolute atomic E-state index is 0.242. The Morgan fingerprint density at radius 3 is 2.32 bits per heavy atom. The van der Waals surface area contributed by atoms with Crippen LogP contribution in [0.1, 0.15) is 46.5 Å². The summed E-state index contributed by atoms with van der Waals surface area (Å²) in [5.74, 6) is -1.59. The van der Waals surface area contributed by atoms with E-state index in [0.717, 1.165) is 6.26 Å². The summed E-state index contributed by atoms with van der Waals surface area (Å²) < 4.78 is 28.4. The fourth-order valence-electron chi connectivity index (χ4n) is 2.69. The fraction of sp³-hybridized carbons (Fsp3) is 0.857. The molecule has 0 aliphatic heterocycles. The SMILES string of the molecule is CC(C)(C)OC(=O)NC(C(=O)O)C1CCCC(S(C)(=O)=O)C1. The molecule has 1 amide bonds. The van der Waals surface area contributed by atoms with Gasteiger partial charge < -0.3 is 15.2 Å². The number of hydrogen-bond donors (Lipinski definition) is 2. The summed E-state index contributed by atoms with van der Waals surface area (Å²) in [6.07, 6.45) is 2.33. The van der Waals surface area contributed by atoms with Crippen molar-refractivity contribution in [2.75, 3.05) is 6.26 Å². The van der Waals surface area contributed by atoms with Crippen molar-refractivity contribution in [2.24, 2.45) is 5.92 Å². The van der Waals surface area contributed by atoms with Crippen molar-refractivity contribution in [2.45, 2.75) is 63.3 Å². The fourth-order valence-corrected chi connectivity index (χ4v) is 3.88. The Morgan fingerprint density at radius 2 is 1.86 bits per heavy atom. The molecular formula is C14H25NO6S. The minimum atomic E-state index is -3.21. The number of amides is 1. The third kappa shape index (κ3) is 5.82. The van der Waals surface area contributed by atoms with E-state index in [9.17, 15) is 23.1 Å². The largest absolute Gasteiger partial charge is 0.480 e. The van der Waals surface area contributed by atoms with Crippen LogP contribution < -0.4 is 5.32 Å². The van der Waals surface area contributed by atoms with E-state index < -0.39 is 44.7 Å². The molecule has 7 nitrogen and oxygen atoms in total. The number of alkyl carbamates (subject to hydrolysis) is 1. The molecule has 1 aliphatic carbocycles. The number of hydrogen-bond acceptors (Lipinski definition) is 5. The summed E-state index contributed by atoms with van der Waals surface area (Å²) in [6.45, 7) is 5.05. The van der Waals surface area contributed by atoms with Gasteiger partial charge in [0.05, 0.1) is 5.25 Å². The van der Waals surface area contributed by atoms with E-state index >= 15 is 0 Å². The van der Waals surface area contributed by atoms with Crippen molar-refractivity contribution >= 4 is 21.9 Å². The second-order valence-corrected chi connectivity index (χ2v) is 9.17. The van der Waals surface area contributed by atoms with Crippen molar-refractivity contribution < 1.29 is 27.9 Å². The van der Waals surface area contributed by atoms with Crippen LogP contribution in [0.15, 0.2) is 0 Å². The van der Waals surface area contributed by atoms with Crippen LogP contribution in [0.5, 0.6) is 0 Å². The second kappa shape index (κ2) is 6.85. The molecule has 0 bridgehead atoms. The summed E-state index contributed by atoms with van der Waals surface area (Å²) in [4.78, 5) is 23.2. The lowest BCUT2D eigenvalue weighted by Crippen LogP contribution is -2.49. The van der Waals surface area contributed by atoms with Gasteiger partial charge in [0.15, 0.2) is 0 Å². The molecule has 1 fully saturated rings. The molecule has 0 radical (unpaired) electrons. The minimum Gasteiger partial charge on any atom is -0.480 e. The molecule has 0 heterocycles. The first-order chi connectivity index (χ1) is 9.90. The summed E-state index contributed by atoms with van der Waals surface area (Å²) in [7, 11) is -3.21. The third-order valence-electron chi connectivity index (χ3n) is 3.68. The standard InChI is InChI=1S/C14H25NO6S/c1-14(2,3)21-13(18)15-11(12(16)17)9-6-5-7-10(8-9)22(4,19)20/h9-11H,5-8H2,1-4H3,(H,15,18)(H,16,17). The highest BCUT2D eigenvalue weighted by Crippen LogP contribution is 2.31. The van der Waals surface area contributed by atoms with Gasteiger partial charge in [-0.2, -0.15) is 0 Å². The highest BCUT2D eigenvalue weighted by Gasteiger charge is 2.37. The molecule has 0 saturated heterocycles. The molecule has 3 unspecified atom stereocenters. The smallest absolute Gasteiger partial charge is 0.408 e. The van der Waals surface area contributed by atoms with Gasteiger partial charge in [0.2, 0.25) is 0 Å². The Balaban J connectivity index is 2.79. The lowest BCUT2D eigenvalue weighted by Gasteiger charge is -2.32. The van der Waals surface area contributed by atoms with E-state index in [-0.39, 0.29) is 6.42 Å². The molecule has 128 valence electrons. The number of rotatable bonds is 4. The molecule has 0 spiro atoms. The number of carboxylic acids is 1. The van der Waals surface area contributed by atoms with Gasteiger partial charge in [-0.25, -0.2) is 18.0 Å². The highest BCUT2D eigenvalue weighted by atomic mass is 32.2. The van der Waals surface area contributed by atoms with Gasteiger partial charge in [-0.15, -0.1) is 0 Å². The van der Waals surface area contributed by atoms with E-state index in [1.807, 2.05) is 0 Å². The molecule has 3 atom stereocenters. The number of carboxylic acid groups (broad SMARTS) is 1. The summed E-state index contributed by atoms with van der Waals surface area (Å²) in [6, 6.07) is -1.14. The van der Waals surface area contributed by atoms with Crippen LogP contribution in [0.3, 0.4) is 0 Å². The normalized spacial score (nSPS) is 24.4. The van der Waals surface area contributed by atoms with Crippen LogP contribution in [0.4, 0.5) is 4.79 Å². The second-order valence-electron chi connectivity index (χ2n) is 6.84. The molecule has 1 rings (SSSR count). The predicted molar refractivity (Wildman–Crippen MR) is 81.4 cm³/mol. The molecule has 8 heteroatoms. The van der Waals surface area contributed by atoms with Gasteiger partial charge in [0, 0.05) is 6.26 Å². The van der Waals surface area contributed by atoms with Gasteiger partial charge in [0.1, 0.15) is 21.5 Å². The molecule has 22 heavy (non-hydrogen) atoms. The van der Waals surface area contributed by atoms with E-state index in [2.05, 4.69) is 5.32 Å². The first-order valence-electron chi connectivity index (χ1n) is 7.31. The molecular weight excluding hydrogens is 310 g/mol. The lowest BCUT2D eigenvalue weighted by atomic mass is 9.83. The van der Waals surface area contributed by atoms with Crippen LogP contribution in [-0.4, -0.2) is 48.7 Å². The highest BCUT2D eigenvalue weighted by molar-refractivity contribution is 7.91. The van der Waals surface area contributed by atoms with Crippen molar-refractivity contribution in [3.05, 3.63) is 0 Å². The average molecular weight is 335 g/mol. The first kappa shape index (κ1) is 18.7. The molecule has 0 aromatic carbocycles. The van der Waals surface area contributed by atoms with Gasteiger partial charge in [-0.1, -0.05) is 6.42 Å². The maximum Gasteiger partial charge on any atom is 0.408 e. The Hall–Kier alpha value is -1.31. The van der Waals surface area contributed by atoms with Crippen LogP contribution in [0.25, 0.3) is 0 Å². The van der Waals surface area contributed by atoms with Crippen molar-refractivity contribution in [3.8, 4) is 0 Å².